The molecule has 0 fully saturated rings. The van der Waals surface area contributed by atoms with Crippen molar-refractivity contribution in [1.29, 1.82) is 0 Å². The Labute approximate surface area is 245 Å². The normalized spacial score (nSPS) is 16.9. The quantitative estimate of drug-likeness (QED) is 0.0504. The number of carbonyl (C=O) groups excluding carboxylic acids is 3. The van der Waals surface area contributed by atoms with Gasteiger partial charge in [-0.2, -0.15) is 0 Å². The lowest BCUT2D eigenvalue weighted by molar-refractivity contribution is -0.196. The van der Waals surface area contributed by atoms with Gasteiger partial charge in [-0.05, 0) is 24.3 Å². The van der Waals surface area contributed by atoms with Crippen LogP contribution in [0, 0.1) is 0 Å². The van der Waals surface area contributed by atoms with Gasteiger partial charge in [0.2, 0.25) is 17.5 Å². The first-order chi connectivity index (χ1) is 20.7. The van der Waals surface area contributed by atoms with Gasteiger partial charge in [0.1, 0.15) is 58.7 Å². The molecular weight excluding hydrogens is 596 g/mol. The summed E-state index contributed by atoms with van der Waals surface area (Å²) in [6.45, 7) is 0.915. The van der Waals surface area contributed by atoms with Crippen molar-refractivity contribution in [2.24, 2.45) is 0 Å². The third-order valence-corrected chi connectivity index (χ3v) is 6.06. The third kappa shape index (κ3) is 7.47. The van der Waals surface area contributed by atoms with Crippen LogP contribution >= 0.6 is 0 Å². The van der Waals surface area contributed by atoms with Gasteiger partial charge in [0.05, 0.1) is 0 Å². The van der Waals surface area contributed by atoms with Gasteiger partial charge >= 0.3 is 5.97 Å². The Hall–Kier alpha value is -4.62. The maximum absolute atomic E-state index is 13.5. The molecule has 3 aromatic rings. The molecule has 0 amide bonds. The first-order valence-electron chi connectivity index (χ1n) is 12.5. The standard InChI is InChI=1S/C27H28O17/c1-10(30)41-27(23(39)20(36)16(34)9-29)42-13-6-14(32)18-17(7-13)43-24(11-2-4-12(31)5-3-11)25(21(18)37)44-26(40)22(38)19(35)15(33)8-28/h2-9,15-16,19-20,22-23,26-27,31-36,38-40H,1H3/t15-,16+,19-,20+,22+,23+,26-,27-/m0/s1. The van der Waals surface area contributed by atoms with Gasteiger partial charge in [-0.15, -0.1) is 0 Å². The Bertz CT molecular complexity index is 1530. The summed E-state index contributed by atoms with van der Waals surface area (Å²) in [6.07, 6.45) is -17.9. The number of fused-ring (bicyclic) bond motifs is 1. The van der Waals surface area contributed by atoms with Crippen LogP contribution in [-0.2, 0) is 19.1 Å². The molecule has 1 heterocycles. The average molecular weight is 625 g/mol. The van der Waals surface area contributed by atoms with Gasteiger partial charge in [-0.1, -0.05) is 0 Å². The summed E-state index contributed by atoms with van der Waals surface area (Å²) in [5.41, 5.74) is -1.59. The minimum absolute atomic E-state index is 0.0250. The zero-order valence-electron chi connectivity index (χ0n) is 22.5. The van der Waals surface area contributed by atoms with Gasteiger partial charge < -0.3 is 74.2 Å². The van der Waals surface area contributed by atoms with Crippen LogP contribution in [0.2, 0.25) is 0 Å². The van der Waals surface area contributed by atoms with Gasteiger partial charge in [-0.25, -0.2) is 0 Å². The number of rotatable bonds is 14. The highest BCUT2D eigenvalue weighted by molar-refractivity contribution is 5.88. The predicted octanol–water partition coefficient (Wildman–Crippen LogP) is -2.60. The highest BCUT2D eigenvalue weighted by Crippen LogP contribution is 2.37. The molecule has 44 heavy (non-hydrogen) atoms. The van der Waals surface area contributed by atoms with E-state index in [9.17, 15) is 65.1 Å². The van der Waals surface area contributed by atoms with Crippen molar-refractivity contribution in [3.05, 3.63) is 46.6 Å². The fourth-order valence-electron chi connectivity index (χ4n) is 3.78. The third-order valence-electron chi connectivity index (χ3n) is 6.06. The van der Waals surface area contributed by atoms with Gasteiger partial charge in [0, 0.05) is 24.6 Å². The Morgan fingerprint density at radius 3 is 1.93 bits per heavy atom. The number of aldehydes is 2. The minimum Gasteiger partial charge on any atom is -0.508 e. The van der Waals surface area contributed by atoms with Crippen LogP contribution < -0.4 is 14.9 Å². The van der Waals surface area contributed by atoms with E-state index in [4.69, 9.17) is 18.6 Å². The van der Waals surface area contributed by atoms with Crippen molar-refractivity contribution in [1.82, 2.24) is 0 Å². The molecular formula is C27H28O17. The minimum atomic E-state index is -2.44. The second-order valence-corrected chi connectivity index (χ2v) is 9.27. The molecule has 3 rings (SSSR count). The molecule has 0 radical (unpaired) electrons. The van der Waals surface area contributed by atoms with E-state index in [-0.39, 0.29) is 23.9 Å². The number of phenolic OH excluding ortho intramolecular Hbond substituents is 2. The van der Waals surface area contributed by atoms with Crippen molar-refractivity contribution in [3.8, 4) is 34.3 Å². The summed E-state index contributed by atoms with van der Waals surface area (Å²) in [6, 6.07) is 6.59. The number of phenols is 2. The van der Waals surface area contributed by atoms with Crippen LogP contribution in [0.3, 0.4) is 0 Å². The van der Waals surface area contributed by atoms with Gasteiger partial charge in [0.25, 0.3) is 6.29 Å². The summed E-state index contributed by atoms with van der Waals surface area (Å²) in [4.78, 5) is 46.7. The lowest BCUT2D eigenvalue weighted by Gasteiger charge is -2.27. The smallest absolute Gasteiger partial charge is 0.305 e. The second-order valence-electron chi connectivity index (χ2n) is 9.27. The molecule has 1 aromatic heterocycles. The van der Waals surface area contributed by atoms with Crippen molar-refractivity contribution in [3.63, 3.8) is 0 Å². The fourth-order valence-corrected chi connectivity index (χ4v) is 3.78. The molecule has 238 valence electrons. The Morgan fingerprint density at radius 1 is 0.818 bits per heavy atom. The van der Waals surface area contributed by atoms with Crippen LogP contribution in [-0.4, -0.2) is 114 Å². The number of hydrogen-bond donors (Lipinski definition) is 9. The second kappa shape index (κ2) is 14.2. The maximum atomic E-state index is 13.5. The summed E-state index contributed by atoms with van der Waals surface area (Å²) in [7, 11) is 0. The van der Waals surface area contributed by atoms with Crippen LogP contribution in [0.5, 0.6) is 23.0 Å². The lowest BCUT2D eigenvalue weighted by atomic mass is 10.1. The van der Waals surface area contributed by atoms with Crippen LogP contribution in [0.25, 0.3) is 22.3 Å². The number of hydrogen-bond acceptors (Lipinski definition) is 17. The van der Waals surface area contributed by atoms with Gasteiger partial charge in [-0.3, -0.25) is 9.59 Å². The van der Waals surface area contributed by atoms with Crippen LogP contribution in [0.15, 0.2) is 45.6 Å². The molecule has 17 nitrogen and oxygen atoms in total. The van der Waals surface area contributed by atoms with E-state index in [1.165, 1.54) is 24.3 Å². The summed E-state index contributed by atoms with van der Waals surface area (Å²) in [5, 5.41) is 89.5. The van der Waals surface area contributed by atoms with Crippen molar-refractivity contribution < 1.29 is 79.0 Å². The first kappa shape index (κ1) is 33.9. The van der Waals surface area contributed by atoms with Gasteiger partial charge in [0.15, 0.2) is 24.4 Å². The molecule has 0 saturated heterocycles. The van der Waals surface area contributed by atoms with E-state index in [0.717, 1.165) is 19.1 Å². The summed E-state index contributed by atoms with van der Waals surface area (Å²) in [5.74, 6) is -3.86. The summed E-state index contributed by atoms with van der Waals surface area (Å²) >= 11 is 0. The van der Waals surface area contributed by atoms with Crippen molar-refractivity contribution in [2.75, 3.05) is 0 Å². The molecule has 9 N–H and O–H groups in total. The number of aromatic hydroxyl groups is 2. The molecule has 2 aromatic carbocycles. The fraction of sp³-hybridized carbons (Fsp3) is 0.333. The van der Waals surface area contributed by atoms with E-state index in [1.54, 1.807) is 0 Å². The van der Waals surface area contributed by atoms with Crippen molar-refractivity contribution in [2.45, 2.75) is 56.1 Å². The maximum Gasteiger partial charge on any atom is 0.305 e. The molecule has 0 saturated carbocycles. The van der Waals surface area contributed by atoms with E-state index in [1.807, 2.05) is 0 Å². The number of esters is 1. The molecule has 0 aliphatic heterocycles. The first-order valence-corrected chi connectivity index (χ1v) is 12.5. The average Bonchev–Trinajstić information content (AvgIpc) is 2.99. The molecule has 0 spiro atoms. The number of aliphatic hydroxyl groups is 7. The zero-order chi connectivity index (χ0) is 32.9. The SMILES string of the molecule is CC(=O)O[C@@H](Oc1cc(O)c2c(=O)c(O[C@H](O)[C@H](O)[C@@H](O)[C@@H](O)C=O)c(-c3ccc(O)cc3)oc2c1)[C@H](O)[C@H](O)[C@H](O)C=O. The Morgan fingerprint density at radius 2 is 1.39 bits per heavy atom. The molecule has 0 unspecified atom stereocenters. The number of carbonyl (C=O) groups is 3. The zero-order valence-corrected chi connectivity index (χ0v) is 22.5. The topological polar surface area (TPSA) is 291 Å². The monoisotopic (exact) mass is 624 g/mol. The highest BCUT2D eigenvalue weighted by Gasteiger charge is 2.36. The van der Waals surface area contributed by atoms with Crippen molar-refractivity contribution >= 4 is 29.5 Å². The number of aliphatic hydroxyl groups excluding tert-OH is 7. The van der Waals surface area contributed by atoms with E-state index in [0.29, 0.717) is 0 Å². The lowest BCUT2D eigenvalue weighted by Crippen LogP contribution is -2.48. The highest BCUT2D eigenvalue weighted by atomic mass is 16.7. The Kier molecular flexibility index (Phi) is 11.0. The number of benzene rings is 2. The van der Waals surface area contributed by atoms with Crippen LogP contribution in [0.4, 0.5) is 0 Å². The van der Waals surface area contributed by atoms with E-state index >= 15 is 0 Å². The van der Waals surface area contributed by atoms with E-state index < -0.39 is 94.6 Å². The predicted molar refractivity (Wildman–Crippen MR) is 142 cm³/mol. The summed E-state index contributed by atoms with van der Waals surface area (Å²) < 4.78 is 21.1. The molecule has 8 atom stereocenters. The molecule has 0 aliphatic carbocycles. The molecule has 0 bridgehead atoms. The molecule has 17 heteroatoms. The van der Waals surface area contributed by atoms with E-state index in [2.05, 4.69) is 0 Å². The van der Waals surface area contributed by atoms with Crippen LogP contribution in [0.1, 0.15) is 6.92 Å². The largest absolute Gasteiger partial charge is 0.508 e. The molecule has 0 aliphatic rings. The Balaban J connectivity index is 2.15. The number of ether oxygens (including phenoxy) is 3.